The van der Waals surface area contributed by atoms with E-state index in [1.165, 1.54) is 24.3 Å². The molecule has 0 saturated heterocycles. The molecule has 0 atom stereocenters. The molecule has 4 heterocycles. The van der Waals surface area contributed by atoms with Crippen LogP contribution in [-0.4, -0.2) is 4.98 Å². The van der Waals surface area contributed by atoms with Crippen LogP contribution >= 0.6 is 0 Å². The number of hydrogen-bond donors (Lipinski definition) is 0. The average molecular weight is 1110 g/mol. The van der Waals surface area contributed by atoms with Gasteiger partial charge in [0.2, 0.25) is 22.9 Å². The summed E-state index contributed by atoms with van der Waals surface area (Å²) >= 11 is 0. The first-order chi connectivity index (χ1) is 38.7. The predicted octanol–water partition coefficient (Wildman–Crippen LogP) is 9.61. The lowest BCUT2D eigenvalue weighted by Gasteiger charge is -2.13. The molecule has 3 aliphatic rings. The van der Waals surface area contributed by atoms with Crippen LogP contribution in [0.3, 0.4) is 0 Å². The van der Waals surface area contributed by atoms with Crippen molar-refractivity contribution in [3.8, 4) is 51.8 Å². The highest BCUT2D eigenvalue weighted by Crippen LogP contribution is 2.38. The maximum atomic E-state index is 15.0. The monoisotopic (exact) mass is 1110 g/mol. The lowest BCUT2D eigenvalue weighted by molar-refractivity contribution is 0.376. The minimum Gasteiger partial charge on any atom is -0.248 e. The zero-order valence-corrected chi connectivity index (χ0v) is 38.6. The number of benzene rings is 6. The van der Waals surface area contributed by atoms with Gasteiger partial charge in [0, 0.05) is 11.1 Å². The quantitative estimate of drug-likeness (QED) is 0.0531. The van der Waals surface area contributed by atoms with E-state index in [2.05, 4.69) is 49.5 Å². The number of allylic oxidation sites excluding steroid dienone is 1. The Bertz CT molecular complexity index is 4430. The van der Waals surface area contributed by atoms with Crippen LogP contribution in [0.5, 0.6) is 0 Å². The summed E-state index contributed by atoms with van der Waals surface area (Å²) in [5.41, 5.74) is -11.9. The topological polar surface area (TPSA) is 172 Å². The molecule has 28 heteroatoms. The fourth-order valence-electron chi connectivity index (χ4n) is 8.46. The maximum Gasteiger partial charge on any atom is 0.243 e. The molecule has 0 aliphatic carbocycles. The number of halogens is 15. The van der Waals surface area contributed by atoms with Crippen molar-refractivity contribution in [3.05, 3.63) is 247 Å². The fraction of sp³-hybridized carbons (Fsp3) is 0. The van der Waals surface area contributed by atoms with Crippen LogP contribution in [0, 0.1) is 141 Å². The molecule has 3 aliphatic heterocycles. The lowest BCUT2D eigenvalue weighted by Crippen LogP contribution is -2.26. The van der Waals surface area contributed by atoms with E-state index in [0.717, 1.165) is 30.3 Å². The highest BCUT2D eigenvalue weighted by atomic mass is 19.2. The van der Waals surface area contributed by atoms with E-state index < -0.39 is 171 Å². The Labute approximate surface area is 437 Å². The van der Waals surface area contributed by atoms with Gasteiger partial charge < -0.3 is 0 Å². The molecule has 0 spiro atoms. The first-order valence-corrected chi connectivity index (χ1v) is 21.6. The van der Waals surface area contributed by atoms with Gasteiger partial charge in [0.05, 0.1) is 80.4 Å². The van der Waals surface area contributed by atoms with Crippen LogP contribution in [0.1, 0.15) is 27.8 Å². The van der Waals surface area contributed by atoms with E-state index in [4.69, 9.17) is 19.7 Å². The van der Waals surface area contributed by atoms with E-state index in [9.17, 15) is 55.3 Å². The van der Waals surface area contributed by atoms with Gasteiger partial charge in [-0.1, -0.05) is 6.07 Å². The van der Waals surface area contributed by atoms with Crippen molar-refractivity contribution < 1.29 is 65.9 Å². The van der Waals surface area contributed by atoms with Gasteiger partial charge in [-0.3, -0.25) is 0 Å². The standard InChI is InChI=1S/C53H8F15N13/c1-72-47-16(4-7-24-48(47)81-51(76-24)21(14-71)27-30(54)36(60)42(66)37(61)31(27)55)15-10-25(17-5-8-22-45(19(17)12-69)79-52(77-22)49(73-2)28-32(56)38(62)43(67)39(63)33(28)57)75-26(11-15)18-6-9-23-46(20(18)13-70)80-53(78-23)50(74-3)29-34(58)40(64)44(68)41(65)35(29)59/h4-11H/b51-21-,52-49+,53-50+. The minimum atomic E-state index is -2.55. The van der Waals surface area contributed by atoms with Gasteiger partial charge in [-0.25, -0.2) is 115 Å². The normalized spacial score (nSPS) is 14.3. The van der Waals surface area contributed by atoms with Crippen molar-refractivity contribution in [1.29, 1.82) is 15.8 Å². The molecule has 0 unspecified atom stereocenters. The number of rotatable bonds is 6. The Morgan fingerprint density at radius 1 is 0.395 bits per heavy atom. The second kappa shape index (κ2) is 19.4. The summed E-state index contributed by atoms with van der Waals surface area (Å²) in [5, 5.41) is 29.0. The second-order valence-electron chi connectivity index (χ2n) is 16.4. The summed E-state index contributed by atoms with van der Waals surface area (Å²) in [6, 6.07) is 14.2. The SMILES string of the molecule is [C-]#[N+]/C(=C1\N=c2ccc(-c3cc(-c4ccc5c(c4[N+]#[C-])=N/C(=C(/C#N)c4c(F)c(F)c(F)c(F)c4F)N=5)cc(-c4ccc5c(c4C#N)=N/C(=C(/[N+]#[C-])c4c(F)c(F)c(F)c(F)c4F)N=5)n3)c(C#N)c2=N1)c1c(F)c(F)c(F)c(F)c1F. The molecule has 0 amide bonds. The molecule has 0 N–H and O–H groups in total. The van der Waals surface area contributed by atoms with Gasteiger partial charge in [0.25, 0.3) is 0 Å². The minimum absolute atomic E-state index is 0.127. The largest absolute Gasteiger partial charge is 0.248 e. The van der Waals surface area contributed by atoms with Gasteiger partial charge in [-0.2, -0.15) is 15.8 Å². The molecule has 6 aromatic carbocycles. The summed E-state index contributed by atoms with van der Waals surface area (Å²) in [4.78, 5) is 38.1. The Kier molecular flexibility index (Phi) is 12.7. The number of nitriles is 3. The number of pyridine rings is 1. The Balaban J connectivity index is 1.23. The highest BCUT2D eigenvalue weighted by Gasteiger charge is 2.34. The van der Waals surface area contributed by atoms with E-state index >= 15 is 26.3 Å². The maximum absolute atomic E-state index is 15.0. The van der Waals surface area contributed by atoms with Crippen molar-refractivity contribution in [3.63, 3.8) is 0 Å². The average Bonchev–Trinajstić information content (AvgIpc) is 4.26. The van der Waals surface area contributed by atoms with E-state index in [0.29, 0.717) is 0 Å². The first-order valence-electron chi connectivity index (χ1n) is 21.6. The van der Waals surface area contributed by atoms with Crippen molar-refractivity contribution in [1.82, 2.24) is 4.98 Å². The number of aromatic nitrogens is 1. The van der Waals surface area contributed by atoms with Crippen LogP contribution in [0.15, 0.2) is 95.9 Å². The molecule has 13 nitrogen and oxygen atoms in total. The van der Waals surface area contributed by atoms with Gasteiger partial charge in [-0.05, 0) is 53.6 Å². The fourth-order valence-corrected chi connectivity index (χ4v) is 8.46. The Morgan fingerprint density at radius 3 is 1.09 bits per heavy atom. The van der Waals surface area contributed by atoms with Crippen molar-refractivity contribution in [2.75, 3.05) is 0 Å². The van der Waals surface area contributed by atoms with Crippen LogP contribution in [-0.2, 0) is 0 Å². The molecule has 7 aromatic rings. The number of nitrogens with zero attached hydrogens (tertiary/aromatic N) is 13. The van der Waals surface area contributed by atoms with E-state index in [-0.39, 0.29) is 49.7 Å². The third-order valence-electron chi connectivity index (χ3n) is 12.1. The van der Waals surface area contributed by atoms with E-state index in [1.54, 1.807) is 0 Å². The molecule has 0 fully saturated rings. The Morgan fingerprint density at radius 2 is 0.728 bits per heavy atom. The van der Waals surface area contributed by atoms with Crippen LogP contribution in [0.25, 0.3) is 65.1 Å². The summed E-state index contributed by atoms with van der Waals surface area (Å²) < 4.78 is 218. The van der Waals surface area contributed by atoms with Crippen LogP contribution in [0.4, 0.5) is 71.5 Å². The van der Waals surface area contributed by atoms with E-state index in [1.807, 2.05) is 12.1 Å². The van der Waals surface area contributed by atoms with Gasteiger partial charge >= 0.3 is 0 Å². The third-order valence-corrected chi connectivity index (χ3v) is 12.1. The Hall–Kier alpha value is -11.6. The molecule has 390 valence electrons. The summed E-state index contributed by atoms with van der Waals surface area (Å²) in [5.74, 6) is -39.4. The zero-order chi connectivity index (χ0) is 58.4. The molecule has 10 rings (SSSR count). The molecular weight excluding hydrogens is 1100 g/mol. The third kappa shape index (κ3) is 7.89. The predicted molar refractivity (Wildman–Crippen MR) is 241 cm³/mol. The molecule has 0 radical (unpaired) electrons. The van der Waals surface area contributed by atoms with Gasteiger partial charge in [0.1, 0.15) is 34.5 Å². The molecule has 0 saturated carbocycles. The summed E-state index contributed by atoms with van der Waals surface area (Å²) in [6.07, 6.45) is 0. The smallest absolute Gasteiger partial charge is 0.243 e. The van der Waals surface area contributed by atoms with Crippen molar-refractivity contribution in [2.45, 2.75) is 0 Å². The van der Waals surface area contributed by atoms with Crippen LogP contribution < -0.4 is 32.1 Å². The summed E-state index contributed by atoms with van der Waals surface area (Å²) in [6.45, 7) is 23.4. The molecular formula is C53H8F15N13. The molecule has 1 aromatic heterocycles. The molecule has 81 heavy (non-hydrogen) atoms. The van der Waals surface area contributed by atoms with Gasteiger partial charge in [-0.15, -0.1) is 0 Å². The summed E-state index contributed by atoms with van der Waals surface area (Å²) in [7, 11) is 0. The van der Waals surface area contributed by atoms with Crippen molar-refractivity contribution >= 4 is 22.7 Å². The molecule has 0 bridgehead atoms. The highest BCUT2D eigenvalue weighted by molar-refractivity contribution is 5.86. The second-order valence-corrected chi connectivity index (χ2v) is 16.4. The number of fused-ring (bicyclic) bond motifs is 3. The first kappa shape index (κ1) is 52.8. The van der Waals surface area contributed by atoms with Gasteiger partial charge in [0.15, 0.2) is 98.9 Å². The van der Waals surface area contributed by atoms with Crippen molar-refractivity contribution in [2.24, 2.45) is 30.0 Å². The number of hydrogen-bond acceptors (Lipinski definition) is 10. The lowest BCUT2D eigenvalue weighted by atomic mass is 9.95. The van der Waals surface area contributed by atoms with Crippen LogP contribution in [0.2, 0.25) is 0 Å². The zero-order valence-electron chi connectivity index (χ0n) is 38.6.